The van der Waals surface area contributed by atoms with Gasteiger partial charge in [0.25, 0.3) is 0 Å². The molecule has 1 aliphatic heterocycles. The Bertz CT molecular complexity index is 2750. The van der Waals surface area contributed by atoms with Gasteiger partial charge in [-0.05, 0) is 191 Å². The number of benzene rings is 3. The van der Waals surface area contributed by atoms with E-state index >= 15 is 0 Å². The number of carbonyl (C=O) groups excluding carboxylic acids is 6. The number of nitrogens with two attached hydrogens (primary N) is 1. The summed E-state index contributed by atoms with van der Waals surface area (Å²) >= 11 is 0. The number of imide groups is 1. The van der Waals surface area contributed by atoms with E-state index in [1.165, 1.54) is 4.90 Å². The molecule has 1 saturated heterocycles. The first kappa shape index (κ1) is 64.2. The van der Waals surface area contributed by atoms with Gasteiger partial charge >= 0.3 is 18.3 Å². The Hall–Kier alpha value is -7.34. The first-order chi connectivity index (χ1) is 39.5. The van der Waals surface area contributed by atoms with Gasteiger partial charge in [0.15, 0.2) is 0 Å². The summed E-state index contributed by atoms with van der Waals surface area (Å²) in [5.41, 5.74) is 7.11. The molecule has 6 N–H and O–H groups in total. The topological polar surface area (TPSA) is 235 Å². The lowest BCUT2D eigenvalue weighted by atomic mass is 9.80. The molecule has 18 nitrogen and oxygen atoms in total. The molecule has 18 heteroatoms. The van der Waals surface area contributed by atoms with Gasteiger partial charge in [0.05, 0.1) is 69.3 Å². The van der Waals surface area contributed by atoms with Crippen molar-refractivity contribution in [1.29, 1.82) is 0 Å². The molecular formula is C66H90N6O12. The first-order valence-electron chi connectivity index (χ1n) is 29.4. The Morgan fingerprint density at radius 3 is 1.18 bits per heavy atom. The number of hydrogen-bond donors (Lipinski definition) is 5. The Balaban J connectivity index is 0.000000169. The monoisotopic (exact) mass is 1160 g/mol. The van der Waals surface area contributed by atoms with Crippen molar-refractivity contribution in [3.05, 3.63) is 126 Å². The smallest absolute Gasteiger partial charge is 0.417 e. The number of methoxy groups -OCH3 is 3. The molecule has 6 amide bonds. The number of nitrogens with one attached hydrogen (secondary N) is 4. The number of carbonyl (C=O) groups is 6. The molecule has 3 saturated carbocycles. The number of fused-ring (bicyclic) bond motifs is 9. The molecule has 0 unspecified atom stereocenters. The van der Waals surface area contributed by atoms with Crippen molar-refractivity contribution in [3.63, 3.8) is 0 Å². The van der Waals surface area contributed by atoms with E-state index in [-0.39, 0.29) is 95.4 Å². The maximum Gasteiger partial charge on any atom is 0.417 e. The van der Waals surface area contributed by atoms with E-state index in [0.717, 1.165) is 53.2 Å². The van der Waals surface area contributed by atoms with Crippen LogP contribution in [-0.2, 0) is 28.6 Å². The van der Waals surface area contributed by atoms with Crippen LogP contribution in [0.25, 0.3) is 0 Å². The number of amides is 6. The molecule has 456 valence electrons. The van der Waals surface area contributed by atoms with Crippen LogP contribution in [-0.4, -0.2) is 97.2 Å². The molecule has 0 aromatic heterocycles. The zero-order valence-corrected chi connectivity index (χ0v) is 51.6. The molecule has 0 spiro atoms. The van der Waals surface area contributed by atoms with Crippen LogP contribution in [0.5, 0.6) is 17.2 Å². The summed E-state index contributed by atoms with van der Waals surface area (Å²) in [6.07, 6.45) is 14.0. The summed E-state index contributed by atoms with van der Waals surface area (Å²) in [6.45, 7) is 22.3. The highest BCUT2D eigenvalue weighted by Crippen LogP contribution is 2.53. The second-order valence-electron chi connectivity index (χ2n) is 26.0. The van der Waals surface area contributed by atoms with Crippen LogP contribution in [0.15, 0.2) is 109 Å². The molecular weight excluding hydrogens is 1070 g/mol. The molecule has 10 rings (SSSR count). The molecule has 84 heavy (non-hydrogen) atoms. The van der Waals surface area contributed by atoms with Gasteiger partial charge in [-0.25, -0.2) is 19.3 Å². The number of nitrogens with zero attached hydrogens (tertiary/aromatic N) is 1. The molecule has 4 fully saturated rings. The van der Waals surface area contributed by atoms with Crippen LogP contribution in [0.3, 0.4) is 0 Å². The minimum atomic E-state index is -0.571. The summed E-state index contributed by atoms with van der Waals surface area (Å²) in [5, 5.41) is 12.1. The van der Waals surface area contributed by atoms with Crippen molar-refractivity contribution in [2.24, 2.45) is 59.0 Å². The van der Waals surface area contributed by atoms with E-state index in [1.54, 1.807) is 21.3 Å². The zero-order chi connectivity index (χ0) is 61.6. The summed E-state index contributed by atoms with van der Waals surface area (Å²) in [4.78, 5) is 75.8. The summed E-state index contributed by atoms with van der Waals surface area (Å²) in [5.74, 6) is 3.10. The summed E-state index contributed by atoms with van der Waals surface area (Å²) in [6, 6.07) is 22.5. The van der Waals surface area contributed by atoms with Gasteiger partial charge in [-0.1, -0.05) is 72.9 Å². The average Bonchev–Trinajstić information content (AvgIpc) is 1.63. The lowest BCUT2D eigenvalue weighted by Gasteiger charge is -2.46. The standard InChI is InChI=1S/2C22H30N2O4.C13H17NO3.C9H13NO/c2*1-13(14-8-10-17(27-5)11-9-14)23-20(25)18-15-6-7-16(12-15)19(18)24-21(26)28-22(2,3)4;1-13(2,3)17-12(16)14-10-8-5-4-7(6-8)9(10)11(14)15;1-7(10)8-3-5-9(11-2)6-4-8/h2*6-11,13,15-16,18-19H,12H2,1-5H3,(H,23,25)(H,24,26);4-5,7-10H,6H2,1-3H3;3-7H,10H2,1-2H3/t13-,15-,16+,18+,19-;13-,15-,16+,18-,19+;7-,8+,9-,10+;7-/m1111/s1. The molecule has 3 aromatic rings. The Morgan fingerprint density at radius 1 is 0.488 bits per heavy atom. The first-order valence-corrected chi connectivity index (χ1v) is 29.4. The summed E-state index contributed by atoms with van der Waals surface area (Å²) < 4.78 is 31.4. The van der Waals surface area contributed by atoms with E-state index in [2.05, 4.69) is 57.7 Å². The van der Waals surface area contributed by atoms with Crippen LogP contribution in [0, 0.1) is 53.3 Å². The fourth-order valence-electron chi connectivity index (χ4n) is 12.3. The third kappa shape index (κ3) is 16.1. The van der Waals surface area contributed by atoms with Crippen molar-refractivity contribution < 1.29 is 57.2 Å². The number of hydrogen-bond acceptors (Lipinski definition) is 13. The average molecular weight is 1160 g/mol. The van der Waals surface area contributed by atoms with Crippen molar-refractivity contribution in [3.8, 4) is 17.2 Å². The third-order valence-corrected chi connectivity index (χ3v) is 16.3. The SMILES string of the molecule is CC(C)(C)OC(=O)N1C(=O)[C@H]2[C@@H]1[C@H]1C=C[C@@H]2C1.COc1ccc([C@@H](C)N)cc1.COc1ccc([C@@H](C)NC(=O)[C@@H]2[C@H](NC(=O)OC(C)(C)C)[C@H]3C=C[C@@H]2C3)cc1.COc1ccc([C@@H](C)NC(=O)[C@H]2[C@@H](NC(=O)OC(C)(C)C)[C@H]3C=C[C@@H]2C3)cc1. The fourth-order valence-corrected chi connectivity index (χ4v) is 12.3. The largest absolute Gasteiger partial charge is 0.497 e. The molecule has 1 heterocycles. The van der Waals surface area contributed by atoms with E-state index in [4.69, 9.17) is 34.2 Å². The van der Waals surface area contributed by atoms with Crippen molar-refractivity contribution in [2.75, 3.05) is 21.3 Å². The van der Waals surface area contributed by atoms with Crippen molar-refractivity contribution >= 4 is 36.0 Å². The molecule has 0 radical (unpaired) electrons. The minimum absolute atomic E-state index is 0.0394. The number of β-lactam (4-membered cyclic amide) rings is 1. The van der Waals surface area contributed by atoms with E-state index in [1.807, 2.05) is 156 Å². The van der Waals surface area contributed by atoms with Gasteiger partial charge in [0.2, 0.25) is 17.7 Å². The van der Waals surface area contributed by atoms with Crippen LogP contribution < -0.4 is 41.2 Å². The maximum absolute atomic E-state index is 13.1. The predicted octanol–water partition coefficient (Wildman–Crippen LogP) is 10.8. The molecule has 7 aliphatic rings. The van der Waals surface area contributed by atoms with Gasteiger partial charge in [0, 0.05) is 6.04 Å². The quantitative estimate of drug-likeness (QED) is 0.0646. The lowest BCUT2D eigenvalue weighted by Crippen LogP contribution is -2.65. The maximum atomic E-state index is 13.1. The number of allylic oxidation sites excluding steroid dienone is 3. The molecule has 3 aromatic carbocycles. The number of rotatable bonds is 12. The van der Waals surface area contributed by atoms with Gasteiger partial charge in [0.1, 0.15) is 34.1 Å². The second-order valence-corrected chi connectivity index (χ2v) is 26.0. The minimum Gasteiger partial charge on any atom is -0.497 e. The van der Waals surface area contributed by atoms with Gasteiger partial charge < -0.3 is 55.4 Å². The Morgan fingerprint density at radius 2 is 0.821 bits per heavy atom. The van der Waals surface area contributed by atoms with Gasteiger partial charge in [-0.3, -0.25) is 14.4 Å². The van der Waals surface area contributed by atoms with Crippen LogP contribution >= 0.6 is 0 Å². The number of alkyl carbamates (subject to hydrolysis) is 2. The van der Waals surface area contributed by atoms with E-state index in [9.17, 15) is 28.8 Å². The normalized spacial score (nSPS) is 27.1. The molecule has 15 atom stereocenters. The number of ether oxygens (including phenoxy) is 6. The Labute approximate surface area is 496 Å². The lowest BCUT2D eigenvalue weighted by molar-refractivity contribution is -0.154. The number of likely N-dealkylation sites (tertiary alicyclic amines) is 1. The van der Waals surface area contributed by atoms with Crippen molar-refractivity contribution in [1.82, 2.24) is 26.2 Å². The van der Waals surface area contributed by atoms with Crippen LogP contribution in [0.2, 0.25) is 0 Å². The zero-order valence-electron chi connectivity index (χ0n) is 51.6. The highest BCUT2D eigenvalue weighted by atomic mass is 16.6. The highest BCUT2D eigenvalue weighted by molar-refractivity contribution is 6.00. The van der Waals surface area contributed by atoms with Crippen LogP contribution in [0.1, 0.15) is 137 Å². The van der Waals surface area contributed by atoms with Gasteiger partial charge in [-0.15, -0.1) is 0 Å². The van der Waals surface area contributed by atoms with Gasteiger partial charge in [-0.2, -0.15) is 0 Å². The second kappa shape index (κ2) is 26.7. The highest BCUT2D eigenvalue weighted by Gasteiger charge is 2.63. The van der Waals surface area contributed by atoms with Crippen LogP contribution in [0.4, 0.5) is 14.4 Å². The Kier molecular flexibility index (Phi) is 20.4. The van der Waals surface area contributed by atoms with E-state index < -0.39 is 35.1 Å². The fraction of sp³-hybridized carbons (Fsp3) is 0.545. The molecule has 6 aliphatic carbocycles. The third-order valence-electron chi connectivity index (χ3n) is 16.3. The molecule has 6 bridgehead atoms. The van der Waals surface area contributed by atoms with Crippen molar-refractivity contribution in [2.45, 2.75) is 155 Å². The summed E-state index contributed by atoms with van der Waals surface area (Å²) in [7, 11) is 4.90. The predicted molar refractivity (Wildman–Crippen MR) is 321 cm³/mol. The van der Waals surface area contributed by atoms with E-state index in [0.29, 0.717) is 11.8 Å².